The van der Waals surface area contributed by atoms with E-state index in [2.05, 4.69) is 21.2 Å². The van der Waals surface area contributed by atoms with Gasteiger partial charge in [-0.25, -0.2) is 0 Å². The van der Waals surface area contributed by atoms with E-state index in [1.807, 2.05) is 31.2 Å². The molecule has 0 spiro atoms. The predicted molar refractivity (Wildman–Crippen MR) is 80.0 cm³/mol. The number of hydrogen-bond donors (Lipinski definition) is 1. The van der Waals surface area contributed by atoms with E-state index >= 15 is 0 Å². The van der Waals surface area contributed by atoms with Crippen molar-refractivity contribution >= 4 is 21.8 Å². The molecule has 2 aromatic rings. The minimum absolute atomic E-state index is 0.0253. The molecule has 2 rings (SSSR count). The zero-order valence-corrected chi connectivity index (χ0v) is 12.9. The Morgan fingerprint density at radius 2 is 2.10 bits per heavy atom. The Hall–Kier alpha value is -1.75. The lowest BCUT2D eigenvalue weighted by molar-refractivity contribution is 0.0910. The largest absolute Gasteiger partial charge is 0.496 e. The fourth-order valence-corrected chi connectivity index (χ4v) is 2.29. The van der Waals surface area contributed by atoms with Crippen molar-refractivity contribution in [2.24, 2.45) is 0 Å². The SMILES string of the molecule is COc1ccccc1CC(C)NC(=O)c1ccc(Br)o1. The zero-order chi connectivity index (χ0) is 14.5. The van der Waals surface area contributed by atoms with Crippen molar-refractivity contribution in [2.45, 2.75) is 19.4 Å². The van der Waals surface area contributed by atoms with Crippen LogP contribution >= 0.6 is 15.9 Å². The van der Waals surface area contributed by atoms with Crippen LogP contribution in [0.2, 0.25) is 0 Å². The fraction of sp³-hybridized carbons (Fsp3) is 0.267. The molecule has 1 aromatic heterocycles. The zero-order valence-electron chi connectivity index (χ0n) is 11.4. The molecular weight excluding hydrogens is 322 g/mol. The fourth-order valence-electron chi connectivity index (χ4n) is 1.98. The van der Waals surface area contributed by atoms with Crippen LogP contribution in [0.1, 0.15) is 23.0 Å². The van der Waals surface area contributed by atoms with Gasteiger partial charge in [0.05, 0.1) is 7.11 Å². The predicted octanol–water partition coefficient (Wildman–Crippen LogP) is 3.41. The van der Waals surface area contributed by atoms with Crippen LogP contribution in [-0.2, 0) is 6.42 Å². The van der Waals surface area contributed by atoms with Crippen LogP contribution < -0.4 is 10.1 Å². The summed E-state index contributed by atoms with van der Waals surface area (Å²) in [7, 11) is 1.64. The lowest BCUT2D eigenvalue weighted by Gasteiger charge is -2.15. The quantitative estimate of drug-likeness (QED) is 0.909. The molecule has 20 heavy (non-hydrogen) atoms. The summed E-state index contributed by atoms with van der Waals surface area (Å²) in [5.41, 5.74) is 1.06. The van der Waals surface area contributed by atoms with Crippen LogP contribution in [0, 0.1) is 0 Å². The summed E-state index contributed by atoms with van der Waals surface area (Å²) in [4.78, 5) is 12.0. The smallest absolute Gasteiger partial charge is 0.287 e. The summed E-state index contributed by atoms with van der Waals surface area (Å²) in [5.74, 6) is 0.899. The number of carbonyl (C=O) groups excluding carboxylic acids is 1. The Bertz CT molecular complexity index is 594. The van der Waals surface area contributed by atoms with Crippen LogP contribution in [-0.4, -0.2) is 19.1 Å². The highest BCUT2D eigenvalue weighted by Crippen LogP contribution is 2.19. The first-order valence-electron chi connectivity index (χ1n) is 6.28. The molecule has 0 bridgehead atoms. The molecule has 0 aliphatic heterocycles. The lowest BCUT2D eigenvalue weighted by Crippen LogP contribution is -2.33. The number of amides is 1. The molecule has 1 N–H and O–H groups in total. The Morgan fingerprint density at radius 1 is 1.35 bits per heavy atom. The van der Waals surface area contributed by atoms with Crippen LogP contribution in [0.25, 0.3) is 0 Å². The molecular formula is C15H16BrNO3. The molecule has 1 atom stereocenters. The number of para-hydroxylation sites is 1. The van der Waals surface area contributed by atoms with Gasteiger partial charge >= 0.3 is 0 Å². The third-order valence-electron chi connectivity index (χ3n) is 2.89. The molecule has 1 amide bonds. The molecule has 0 saturated heterocycles. The van der Waals surface area contributed by atoms with Crippen molar-refractivity contribution in [1.29, 1.82) is 0 Å². The van der Waals surface area contributed by atoms with Crippen LogP contribution in [0.5, 0.6) is 5.75 Å². The van der Waals surface area contributed by atoms with E-state index in [0.29, 0.717) is 16.9 Å². The molecule has 0 aliphatic rings. The molecule has 4 nitrogen and oxygen atoms in total. The number of nitrogens with one attached hydrogen (secondary N) is 1. The second kappa shape index (κ2) is 6.61. The van der Waals surface area contributed by atoms with Gasteiger partial charge in [-0.2, -0.15) is 0 Å². The van der Waals surface area contributed by atoms with Gasteiger partial charge in [0, 0.05) is 6.04 Å². The van der Waals surface area contributed by atoms with E-state index in [1.54, 1.807) is 19.2 Å². The molecule has 1 unspecified atom stereocenters. The number of halogens is 1. The number of ether oxygens (including phenoxy) is 1. The van der Waals surface area contributed by atoms with Gasteiger partial charge in [-0.1, -0.05) is 18.2 Å². The summed E-state index contributed by atoms with van der Waals surface area (Å²) < 4.78 is 11.1. The average molecular weight is 338 g/mol. The van der Waals surface area contributed by atoms with E-state index in [9.17, 15) is 4.79 Å². The Kier molecular flexibility index (Phi) is 4.84. The van der Waals surface area contributed by atoms with Crippen molar-refractivity contribution in [2.75, 3.05) is 7.11 Å². The minimum Gasteiger partial charge on any atom is -0.496 e. The van der Waals surface area contributed by atoms with Gasteiger partial charge in [0.25, 0.3) is 5.91 Å². The maximum absolute atomic E-state index is 12.0. The maximum atomic E-state index is 12.0. The van der Waals surface area contributed by atoms with E-state index in [4.69, 9.17) is 9.15 Å². The molecule has 5 heteroatoms. The van der Waals surface area contributed by atoms with Crippen LogP contribution in [0.4, 0.5) is 0 Å². The van der Waals surface area contributed by atoms with Crippen molar-refractivity contribution in [3.05, 3.63) is 52.4 Å². The Labute approximate surface area is 126 Å². The summed E-state index contributed by atoms with van der Waals surface area (Å²) in [6, 6.07) is 11.1. The Balaban J connectivity index is 1.98. The molecule has 0 saturated carbocycles. The summed E-state index contributed by atoms with van der Waals surface area (Å²) in [6.07, 6.45) is 0.692. The first-order valence-corrected chi connectivity index (χ1v) is 7.07. The number of rotatable bonds is 5. The highest BCUT2D eigenvalue weighted by Gasteiger charge is 2.14. The third-order valence-corrected chi connectivity index (χ3v) is 3.32. The van der Waals surface area contributed by atoms with E-state index in [0.717, 1.165) is 11.3 Å². The minimum atomic E-state index is -0.224. The number of furan rings is 1. The van der Waals surface area contributed by atoms with Crippen LogP contribution in [0.15, 0.2) is 45.5 Å². The molecule has 1 heterocycles. The van der Waals surface area contributed by atoms with Crippen molar-refractivity contribution < 1.29 is 13.9 Å². The number of hydrogen-bond acceptors (Lipinski definition) is 3. The monoisotopic (exact) mass is 337 g/mol. The first-order chi connectivity index (χ1) is 9.60. The van der Waals surface area contributed by atoms with E-state index in [1.165, 1.54) is 0 Å². The van der Waals surface area contributed by atoms with Gasteiger partial charge in [0.2, 0.25) is 0 Å². The molecule has 0 radical (unpaired) electrons. The summed E-state index contributed by atoms with van der Waals surface area (Å²) in [6.45, 7) is 1.95. The topological polar surface area (TPSA) is 51.5 Å². The average Bonchev–Trinajstić information content (AvgIpc) is 2.86. The van der Waals surface area contributed by atoms with Gasteiger partial charge in [-0.15, -0.1) is 0 Å². The highest BCUT2D eigenvalue weighted by atomic mass is 79.9. The second-order valence-corrected chi connectivity index (χ2v) is 5.28. The van der Waals surface area contributed by atoms with Gasteiger partial charge in [-0.3, -0.25) is 4.79 Å². The third kappa shape index (κ3) is 3.63. The lowest BCUT2D eigenvalue weighted by atomic mass is 10.1. The molecule has 106 valence electrons. The van der Waals surface area contributed by atoms with Crippen molar-refractivity contribution in [1.82, 2.24) is 5.32 Å². The standard InChI is InChI=1S/C15H16BrNO3/c1-10(9-11-5-3-4-6-12(11)19-2)17-15(18)13-7-8-14(16)20-13/h3-8,10H,9H2,1-2H3,(H,17,18). The Morgan fingerprint density at radius 3 is 2.75 bits per heavy atom. The molecule has 0 fully saturated rings. The van der Waals surface area contributed by atoms with Crippen LogP contribution in [0.3, 0.4) is 0 Å². The van der Waals surface area contributed by atoms with Crippen molar-refractivity contribution in [3.8, 4) is 5.75 Å². The molecule has 1 aromatic carbocycles. The number of benzene rings is 1. The van der Waals surface area contributed by atoms with Gasteiger partial charge < -0.3 is 14.5 Å². The highest BCUT2D eigenvalue weighted by molar-refractivity contribution is 9.10. The first kappa shape index (κ1) is 14.7. The number of methoxy groups -OCH3 is 1. The summed E-state index contributed by atoms with van der Waals surface area (Å²) >= 11 is 3.18. The van der Waals surface area contributed by atoms with Gasteiger partial charge in [-0.05, 0) is 53.0 Å². The van der Waals surface area contributed by atoms with Gasteiger partial charge in [0.1, 0.15) is 5.75 Å². The van der Waals surface area contributed by atoms with E-state index in [-0.39, 0.29) is 11.9 Å². The van der Waals surface area contributed by atoms with E-state index < -0.39 is 0 Å². The second-order valence-electron chi connectivity index (χ2n) is 4.49. The van der Waals surface area contributed by atoms with Crippen molar-refractivity contribution in [3.63, 3.8) is 0 Å². The number of carbonyl (C=O) groups is 1. The summed E-state index contributed by atoms with van der Waals surface area (Å²) in [5, 5.41) is 2.90. The molecule has 0 aliphatic carbocycles. The maximum Gasteiger partial charge on any atom is 0.287 e. The van der Waals surface area contributed by atoms with Gasteiger partial charge in [0.15, 0.2) is 10.4 Å². The normalized spacial score (nSPS) is 11.9.